The first-order chi connectivity index (χ1) is 11.2. The van der Waals surface area contributed by atoms with Crippen molar-refractivity contribution in [2.75, 3.05) is 30.4 Å². The number of nitrogens with one attached hydrogen (secondary N) is 1. The first-order valence-electron chi connectivity index (χ1n) is 7.53. The third kappa shape index (κ3) is 3.64. The molecule has 122 valence electrons. The Morgan fingerprint density at radius 1 is 1.22 bits per heavy atom. The van der Waals surface area contributed by atoms with Crippen LogP contribution < -0.4 is 15.0 Å². The maximum Gasteiger partial charge on any atom is 0.157 e. The molecule has 7 heteroatoms. The highest BCUT2D eigenvalue weighted by molar-refractivity contribution is 6.32. The van der Waals surface area contributed by atoms with E-state index in [-0.39, 0.29) is 11.9 Å². The van der Waals surface area contributed by atoms with Crippen LogP contribution >= 0.6 is 11.6 Å². The van der Waals surface area contributed by atoms with Crippen molar-refractivity contribution in [1.82, 2.24) is 9.97 Å². The van der Waals surface area contributed by atoms with Gasteiger partial charge in [-0.1, -0.05) is 11.6 Å². The molecule has 0 radical (unpaired) electrons. The van der Waals surface area contributed by atoms with Crippen molar-refractivity contribution in [1.29, 1.82) is 0 Å². The summed E-state index contributed by atoms with van der Waals surface area (Å²) in [6.45, 7) is 1.63. The smallest absolute Gasteiger partial charge is 0.157 e. The molecule has 3 rings (SSSR count). The van der Waals surface area contributed by atoms with Crippen molar-refractivity contribution in [2.45, 2.75) is 18.9 Å². The van der Waals surface area contributed by atoms with Gasteiger partial charge < -0.3 is 15.0 Å². The molecule has 0 unspecified atom stereocenters. The number of anilines is 2. The van der Waals surface area contributed by atoms with Crippen molar-refractivity contribution < 1.29 is 9.13 Å². The normalized spacial score (nSPS) is 15.5. The van der Waals surface area contributed by atoms with E-state index in [9.17, 15) is 4.39 Å². The summed E-state index contributed by atoms with van der Waals surface area (Å²) < 4.78 is 18.8. The van der Waals surface area contributed by atoms with Gasteiger partial charge in [0, 0.05) is 33.0 Å². The molecule has 0 bridgehead atoms. The molecule has 5 nitrogen and oxygen atoms in total. The minimum absolute atomic E-state index is 0.118. The minimum Gasteiger partial charge on any atom is -0.490 e. The lowest BCUT2D eigenvalue weighted by atomic mass is 10.1. The average molecular weight is 337 g/mol. The number of ether oxygens (including phenoxy) is 1. The zero-order valence-electron chi connectivity index (χ0n) is 12.8. The van der Waals surface area contributed by atoms with Gasteiger partial charge in [0.15, 0.2) is 11.0 Å². The largest absolute Gasteiger partial charge is 0.490 e. The minimum atomic E-state index is -0.257. The molecule has 0 saturated carbocycles. The predicted octanol–water partition coefficient (Wildman–Crippen LogP) is 3.36. The molecular formula is C16H18ClFN4O. The van der Waals surface area contributed by atoms with Crippen LogP contribution in [0.5, 0.6) is 5.75 Å². The van der Waals surface area contributed by atoms with Crippen molar-refractivity contribution >= 4 is 23.1 Å². The fourth-order valence-electron chi connectivity index (χ4n) is 2.70. The standard InChI is InChI=1S/C16H18ClFN4O/c1-19-14-15(17)20-10-21-16(14)22-8-6-13(7-9-22)23-12-4-2-11(18)3-5-12/h2-5,10,13,19H,6-9H2,1H3. The first kappa shape index (κ1) is 15.8. The predicted molar refractivity (Wildman–Crippen MR) is 88.9 cm³/mol. The Morgan fingerprint density at radius 2 is 1.91 bits per heavy atom. The van der Waals surface area contributed by atoms with Crippen molar-refractivity contribution in [3.05, 3.63) is 41.6 Å². The Kier molecular flexibility index (Phi) is 4.81. The zero-order valence-corrected chi connectivity index (χ0v) is 13.6. The summed E-state index contributed by atoms with van der Waals surface area (Å²) >= 11 is 6.10. The molecule has 1 fully saturated rings. The second kappa shape index (κ2) is 7.00. The topological polar surface area (TPSA) is 50.3 Å². The molecule has 1 saturated heterocycles. The quantitative estimate of drug-likeness (QED) is 0.868. The summed E-state index contributed by atoms with van der Waals surface area (Å²) in [4.78, 5) is 10.5. The van der Waals surface area contributed by atoms with Gasteiger partial charge in [0.1, 0.15) is 29.7 Å². The summed E-state index contributed by atoms with van der Waals surface area (Å²) in [6, 6.07) is 6.13. The van der Waals surface area contributed by atoms with E-state index in [0.29, 0.717) is 10.9 Å². The van der Waals surface area contributed by atoms with E-state index in [4.69, 9.17) is 16.3 Å². The van der Waals surface area contributed by atoms with Crippen molar-refractivity contribution in [3.8, 4) is 5.75 Å². The SMILES string of the molecule is CNc1c(Cl)ncnc1N1CCC(Oc2ccc(F)cc2)CC1. The molecule has 1 N–H and O–H groups in total. The maximum absolute atomic E-state index is 12.9. The van der Waals surface area contributed by atoms with Crippen LogP contribution in [0.3, 0.4) is 0 Å². The first-order valence-corrected chi connectivity index (χ1v) is 7.90. The molecule has 2 aromatic rings. The summed E-state index contributed by atoms with van der Waals surface area (Å²) in [7, 11) is 1.80. The van der Waals surface area contributed by atoms with Crippen LogP contribution in [0.15, 0.2) is 30.6 Å². The molecule has 1 aliphatic rings. The Balaban J connectivity index is 1.62. The third-order valence-electron chi connectivity index (χ3n) is 3.89. The van der Waals surface area contributed by atoms with Crippen molar-refractivity contribution in [3.63, 3.8) is 0 Å². The van der Waals surface area contributed by atoms with Gasteiger partial charge in [0.25, 0.3) is 0 Å². The van der Waals surface area contributed by atoms with E-state index in [2.05, 4.69) is 20.2 Å². The molecule has 0 aliphatic carbocycles. The van der Waals surface area contributed by atoms with Gasteiger partial charge in [0.2, 0.25) is 0 Å². The number of nitrogens with zero attached hydrogens (tertiary/aromatic N) is 3. The zero-order chi connectivity index (χ0) is 16.2. The molecular weight excluding hydrogens is 319 g/mol. The maximum atomic E-state index is 12.9. The lowest BCUT2D eigenvalue weighted by molar-refractivity contribution is 0.170. The molecule has 1 aromatic carbocycles. The van der Waals surface area contributed by atoms with Crippen LogP contribution in [0.2, 0.25) is 5.15 Å². The van der Waals surface area contributed by atoms with Gasteiger partial charge in [-0.15, -0.1) is 0 Å². The summed E-state index contributed by atoms with van der Waals surface area (Å²) in [5, 5.41) is 3.47. The number of rotatable bonds is 4. The van der Waals surface area contributed by atoms with Gasteiger partial charge in [-0.3, -0.25) is 0 Å². The lowest BCUT2D eigenvalue weighted by Gasteiger charge is -2.33. The molecule has 0 amide bonds. The van der Waals surface area contributed by atoms with E-state index in [1.165, 1.54) is 18.5 Å². The fourth-order valence-corrected chi connectivity index (χ4v) is 2.92. The third-order valence-corrected chi connectivity index (χ3v) is 4.18. The van der Waals surface area contributed by atoms with Gasteiger partial charge in [-0.2, -0.15) is 0 Å². The van der Waals surface area contributed by atoms with Crippen LogP contribution in [0.25, 0.3) is 0 Å². The summed E-state index contributed by atoms with van der Waals surface area (Å²) in [6.07, 6.45) is 3.32. The Labute approximate surface area is 139 Å². The van der Waals surface area contributed by atoms with Gasteiger partial charge in [-0.05, 0) is 24.3 Å². The van der Waals surface area contributed by atoms with E-state index >= 15 is 0 Å². The van der Waals surface area contributed by atoms with Gasteiger partial charge in [-0.25, -0.2) is 14.4 Å². The number of halogens is 2. The van der Waals surface area contributed by atoms with Gasteiger partial charge in [0.05, 0.1) is 0 Å². The van der Waals surface area contributed by atoms with Crippen LogP contribution in [-0.2, 0) is 0 Å². The van der Waals surface area contributed by atoms with E-state index in [1.54, 1.807) is 19.2 Å². The van der Waals surface area contributed by atoms with Crippen LogP contribution in [0, 0.1) is 5.82 Å². The van der Waals surface area contributed by atoms with E-state index in [0.717, 1.165) is 37.4 Å². The molecule has 0 spiro atoms. The fraction of sp³-hybridized carbons (Fsp3) is 0.375. The summed E-state index contributed by atoms with van der Waals surface area (Å²) in [5.41, 5.74) is 0.743. The highest BCUT2D eigenvalue weighted by Crippen LogP contribution is 2.31. The monoisotopic (exact) mass is 336 g/mol. The van der Waals surface area contributed by atoms with E-state index in [1.807, 2.05) is 0 Å². The van der Waals surface area contributed by atoms with Crippen molar-refractivity contribution in [2.24, 2.45) is 0 Å². The number of aromatic nitrogens is 2. The Hall–Kier alpha value is -2.08. The average Bonchev–Trinajstić information content (AvgIpc) is 2.57. The molecule has 0 atom stereocenters. The second-order valence-electron chi connectivity index (χ2n) is 5.37. The van der Waals surface area contributed by atoms with Crippen LogP contribution in [0.1, 0.15) is 12.8 Å². The van der Waals surface area contributed by atoms with Gasteiger partial charge >= 0.3 is 0 Å². The van der Waals surface area contributed by atoms with Crippen LogP contribution in [-0.4, -0.2) is 36.2 Å². The number of hydrogen-bond acceptors (Lipinski definition) is 5. The highest BCUT2D eigenvalue weighted by Gasteiger charge is 2.24. The van der Waals surface area contributed by atoms with E-state index < -0.39 is 0 Å². The molecule has 2 heterocycles. The molecule has 1 aromatic heterocycles. The molecule has 23 heavy (non-hydrogen) atoms. The lowest BCUT2D eigenvalue weighted by Crippen LogP contribution is -2.39. The second-order valence-corrected chi connectivity index (χ2v) is 5.73. The summed E-state index contributed by atoms with van der Waals surface area (Å²) in [5.74, 6) is 1.26. The molecule has 1 aliphatic heterocycles. The number of piperidine rings is 1. The number of benzene rings is 1. The highest BCUT2D eigenvalue weighted by atomic mass is 35.5. The Morgan fingerprint density at radius 3 is 2.57 bits per heavy atom. The number of hydrogen-bond donors (Lipinski definition) is 1. The van der Waals surface area contributed by atoms with Crippen LogP contribution in [0.4, 0.5) is 15.9 Å². The Bertz CT molecular complexity index is 660.